The lowest BCUT2D eigenvalue weighted by atomic mass is 9.99. The van der Waals surface area contributed by atoms with Gasteiger partial charge in [-0.05, 0) is 55.7 Å². The van der Waals surface area contributed by atoms with Gasteiger partial charge in [-0.25, -0.2) is 19.7 Å². The molecule has 0 amide bonds. The fraction of sp³-hybridized carbons (Fsp3) is 0.250. The van der Waals surface area contributed by atoms with Gasteiger partial charge in [0.2, 0.25) is 5.95 Å². The third-order valence-corrected chi connectivity index (χ3v) is 6.68. The van der Waals surface area contributed by atoms with Crippen LogP contribution in [0.1, 0.15) is 46.7 Å². The highest BCUT2D eigenvalue weighted by molar-refractivity contribution is 5.94. The van der Waals surface area contributed by atoms with Gasteiger partial charge in [0.05, 0.1) is 22.5 Å². The van der Waals surface area contributed by atoms with Gasteiger partial charge in [-0.2, -0.15) is 0 Å². The van der Waals surface area contributed by atoms with E-state index in [-0.39, 0.29) is 17.2 Å². The molecular formula is C28H28N6O3. The summed E-state index contributed by atoms with van der Waals surface area (Å²) in [5.74, 6) is 0.310. The van der Waals surface area contributed by atoms with Crippen molar-refractivity contribution in [3.8, 4) is 0 Å². The van der Waals surface area contributed by atoms with Gasteiger partial charge in [0.15, 0.2) is 0 Å². The number of benzene rings is 2. The Hall–Kier alpha value is -4.53. The van der Waals surface area contributed by atoms with Crippen molar-refractivity contribution >= 4 is 34.1 Å². The van der Waals surface area contributed by atoms with Crippen LogP contribution in [0.15, 0.2) is 65.7 Å². The van der Waals surface area contributed by atoms with Crippen molar-refractivity contribution in [2.24, 2.45) is 7.05 Å². The number of aromatic nitrogens is 4. The molecule has 0 saturated heterocycles. The molecule has 0 fully saturated rings. The Morgan fingerprint density at radius 1 is 1.14 bits per heavy atom. The zero-order chi connectivity index (χ0) is 26.1. The van der Waals surface area contributed by atoms with Crippen molar-refractivity contribution in [1.82, 2.24) is 19.5 Å². The second kappa shape index (κ2) is 9.85. The molecule has 0 spiro atoms. The Morgan fingerprint density at radius 3 is 2.59 bits per heavy atom. The summed E-state index contributed by atoms with van der Waals surface area (Å²) >= 11 is 0. The van der Waals surface area contributed by atoms with E-state index in [2.05, 4.69) is 26.3 Å². The molecule has 2 N–H and O–H groups in total. The van der Waals surface area contributed by atoms with E-state index in [0.717, 1.165) is 16.7 Å². The molecule has 0 unspecified atom stereocenters. The molecule has 1 atom stereocenters. The van der Waals surface area contributed by atoms with Crippen LogP contribution in [0.2, 0.25) is 0 Å². The van der Waals surface area contributed by atoms with E-state index >= 15 is 0 Å². The first-order chi connectivity index (χ1) is 17.8. The number of rotatable bonds is 6. The van der Waals surface area contributed by atoms with Crippen molar-refractivity contribution < 1.29 is 9.90 Å². The minimum Gasteiger partial charge on any atom is -0.478 e. The molecule has 9 nitrogen and oxygen atoms in total. The smallest absolute Gasteiger partial charge is 0.337 e. The van der Waals surface area contributed by atoms with Gasteiger partial charge in [-0.3, -0.25) is 9.36 Å². The van der Waals surface area contributed by atoms with E-state index in [1.165, 1.54) is 0 Å². The summed E-state index contributed by atoms with van der Waals surface area (Å²) in [6.07, 6.45) is 6.23. The highest BCUT2D eigenvalue weighted by Crippen LogP contribution is 2.29. The van der Waals surface area contributed by atoms with Crippen LogP contribution in [0, 0.1) is 6.92 Å². The molecule has 0 radical (unpaired) electrons. The number of aryl methyl sites for hydroxylation is 1. The van der Waals surface area contributed by atoms with Crippen molar-refractivity contribution in [3.63, 3.8) is 0 Å². The number of hydrogen-bond donors (Lipinski definition) is 2. The molecule has 1 aliphatic rings. The summed E-state index contributed by atoms with van der Waals surface area (Å²) in [5, 5.41) is 13.4. The van der Waals surface area contributed by atoms with Crippen LogP contribution in [0.25, 0.3) is 16.5 Å². The highest BCUT2D eigenvalue weighted by atomic mass is 16.4. The van der Waals surface area contributed by atoms with E-state index in [4.69, 9.17) is 4.98 Å². The molecule has 0 saturated carbocycles. The summed E-state index contributed by atoms with van der Waals surface area (Å²) < 4.78 is 1.61. The normalized spacial score (nSPS) is 14.4. The van der Waals surface area contributed by atoms with Gasteiger partial charge >= 0.3 is 5.97 Å². The summed E-state index contributed by atoms with van der Waals surface area (Å²) in [5.41, 5.74) is 3.98. The van der Waals surface area contributed by atoms with Crippen LogP contribution in [-0.4, -0.2) is 43.7 Å². The van der Waals surface area contributed by atoms with Crippen LogP contribution >= 0.6 is 0 Å². The Kier molecular flexibility index (Phi) is 6.43. The highest BCUT2D eigenvalue weighted by Gasteiger charge is 2.22. The first kappa shape index (κ1) is 24.2. The number of anilines is 2. The summed E-state index contributed by atoms with van der Waals surface area (Å²) in [6.45, 7) is 5.23. The maximum atomic E-state index is 13.5. The molecule has 2 aromatic heterocycles. The van der Waals surface area contributed by atoms with Crippen LogP contribution in [0.3, 0.4) is 0 Å². The van der Waals surface area contributed by atoms with Crippen LogP contribution < -0.4 is 15.8 Å². The lowest BCUT2D eigenvalue weighted by Crippen LogP contribution is -2.31. The molecule has 4 aromatic rings. The topological polar surface area (TPSA) is 113 Å². The maximum Gasteiger partial charge on any atom is 0.337 e. The molecule has 188 valence electrons. The van der Waals surface area contributed by atoms with Gasteiger partial charge < -0.3 is 15.3 Å². The van der Waals surface area contributed by atoms with Gasteiger partial charge in [0.25, 0.3) is 5.56 Å². The predicted octanol–water partition coefficient (Wildman–Crippen LogP) is 4.20. The van der Waals surface area contributed by atoms with Crippen molar-refractivity contribution in [3.05, 3.63) is 93.8 Å². The molecule has 3 heterocycles. The summed E-state index contributed by atoms with van der Waals surface area (Å²) in [7, 11) is 1.75. The molecule has 37 heavy (non-hydrogen) atoms. The minimum absolute atomic E-state index is 0.113. The quantitative estimate of drug-likeness (QED) is 0.408. The van der Waals surface area contributed by atoms with Crippen molar-refractivity contribution in [2.45, 2.75) is 26.3 Å². The van der Waals surface area contributed by atoms with Crippen molar-refractivity contribution in [2.75, 3.05) is 23.3 Å². The zero-order valence-corrected chi connectivity index (χ0v) is 21.0. The second-order valence-electron chi connectivity index (χ2n) is 9.24. The Morgan fingerprint density at radius 2 is 1.89 bits per heavy atom. The number of para-hydroxylation sites is 1. The van der Waals surface area contributed by atoms with Crippen LogP contribution in [0.4, 0.5) is 11.6 Å². The van der Waals surface area contributed by atoms with E-state index in [0.29, 0.717) is 47.9 Å². The average Bonchev–Trinajstić information content (AvgIpc) is 2.91. The largest absolute Gasteiger partial charge is 0.478 e. The third kappa shape index (κ3) is 4.67. The molecule has 1 aliphatic heterocycles. The Labute approximate surface area is 214 Å². The fourth-order valence-electron chi connectivity index (χ4n) is 4.78. The average molecular weight is 497 g/mol. The lowest BCUT2D eigenvalue weighted by Gasteiger charge is -2.27. The van der Waals surface area contributed by atoms with Gasteiger partial charge in [0.1, 0.15) is 5.82 Å². The molecule has 2 aromatic carbocycles. The number of aromatic carboxylic acids is 1. The minimum atomic E-state index is -1.00. The monoisotopic (exact) mass is 496 g/mol. The number of hydrogen-bond acceptors (Lipinski definition) is 7. The number of carboxylic acid groups (broad SMARTS) is 1. The number of nitrogens with one attached hydrogen (secondary N) is 1. The molecular weight excluding hydrogens is 468 g/mol. The third-order valence-electron chi connectivity index (χ3n) is 6.68. The SMILES string of the molecule is Cc1cc([C@@H](C)Nc2ccccc2C(=O)O)c2nc(C3=CCN(c4ncccn4)CC3)n(C)c(=O)c2c1. The maximum absolute atomic E-state index is 13.5. The van der Waals surface area contributed by atoms with E-state index < -0.39 is 5.97 Å². The van der Waals surface area contributed by atoms with E-state index in [9.17, 15) is 14.7 Å². The standard InChI is InChI=1S/C28H28N6O3/c1-17-15-21(18(2)31-23-8-5-4-7-20(23)27(36)37)24-22(16-17)26(35)33(3)25(32-24)19-9-13-34(14-10-19)28-29-11-6-12-30-28/h4-9,11-12,15-16,18,31H,10,13-14H2,1-3H3,(H,36,37)/t18-/m1/s1. The Bertz CT molecular complexity index is 1580. The number of fused-ring (bicyclic) bond motifs is 1. The van der Waals surface area contributed by atoms with Gasteiger partial charge in [-0.15, -0.1) is 0 Å². The second-order valence-corrected chi connectivity index (χ2v) is 9.24. The lowest BCUT2D eigenvalue weighted by molar-refractivity contribution is 0.0698. The number of nitrogens with zero attached hydrogens (tertiary/aromatic N) is 5. The number of carbonyl (C=O) groups is 1. The molecule has 9 heteroatoms. The first-order valence-corrected chi connectivity index (χ1v) is 12.1. The predicted molar refractivity (Wildman–Crippen MR) is 144 cm³/mol. The van der Waals surface area contributed by atoms with Gasteiger partial charge in [-0.1, -0.05) is 24.3 Å². The molecule has 0 bridgehead atoms. The first-order valence-electron chi connectivity index (χ1n) is 12.1. The molecule has 5 rings (SSSR count). The summed E-state index contributed by atoms with van der Waals surface area (Å²) in [6, 6.07) is 12.2. The summed E-state index contributed by atoms with van der Waals surface area (Å²) in [4.78, 5) is 40.9. The Balaban J connectivity index is 1.55. The fourth-order valence-corrected chi connectivity index (χ4v) is 4.78. The molecule has 0 aliphatic carbocycles. The van der Waals surface area contributed by atoms with Crippen LogP contribution in [0.5, 0.6) is 0 Å². The zero-order valence-electron chi connectivity index (χ0n) is 21.0. The van der Waals surface area contributed by atoms with Crippen LogP contribution in [-0.2, 0) is 7.05 Å². The van der Waals surface area contributed by atoms with E-state index in [1.54, 1.807) is 54.3 Å². The van der Waals surface area contributed by atoms with Crippen molar-refractivity contribution in [1.29, 1.82) is 0 Å². The van der Waals surface area contributed by atoms with E-state index in [1.807, 2.05) is 26.0 Å². The van der Waals surface area contributed by atoms with Gasteiger partial charge in [0, 0.05) is 43.8 Å². The number of carboxylic acids is 1.